The van der Waals surface area contributed by atoms with Crippen LogP contribution >= 0.6 is 12.4 Å². The number of amides is 1. The van der Waals surface area contributed by atoms with Crippen LogP contribution in [0.2, 0.25) is 0 Å². The highest BCUT2D eigenvalue weighted by Gasteiger charge is 2.30. The Labute approximate surface area is 177 Å². The molecule has 1 amide bonds. The summed E-state index contributed by atoms with van der Waals surface area (Å²) in [6.45, 7) is 3.81. The number of halogens is 2. The molecule has 2 N–H and O–H groups in total. The van der Waals surface area contributed by atoms with Gasteiger partial charge in [0.05, 0.1) is 17.8 Å². The van der Waals surface area contributed by atoms with Crippen molar-refractivity contribution in [2.24, 2.45) is 5.92 Å². The molecular formula is C21H29ClFN5O. The zero-order valence-corrected chi connectivity index (χ0v) is 17.6. The fourth-order valence-corrected chi connectivity index (χ4v) is 4.62. The molecule has 1 saturated heterocycles. The Bertz CT molecular complexity index is 830. The molecule has 0 spiro atoms. The minimum absolute atomic E-state index is 0. The van der Waals surface area contributed by atoms with Crippen molar-refractivity contribution in [3.63, 3.8) is 0 Å². The Morgan fingerprint density at radius 3 is 2.66 bits per heavy atom. The summed E-state index contributed by atoms with van der Waals surface area (Å²) < 4.78 is 15.7. The van der Waals surface area contributed by atoms with Gasteiger partial charge in [-0.2, -0.15) is 0 Å². The molecule has 1 aliphatic heterocycles. The van der Waals surface area contributed by atoms with Crippen molar-refractivity contribution in [3.8, 4) is 0 Å². The highest BCUT2D eigenvalue weighted by atomic mass is 35.5. The topological polar surface area (TPSA) is 71.8 Å². The first-order chi connectivity index (χ1) is 13.6. The highest BCUT2D eigenvalue weighted by molar-refractivity contribution is 5.93. The smallest absolute Gasteiger partial charge is 0.274 e. The minimum atomic E-state index is -0.275. The zero-order chi connectivity index (χ0) is 19.5. The molecule has 2 aromatic rings. The second-order valence-electron chi connectivity index (χ2n) is 8.00. The fraction of sp³-hybridized carbons (Fsp3) is 0.571. The van der Waals surface area contributed by atoms with Crippen molar-refractivity contribution in [2.75, 3.05) is 13.1 Å². The molecule has 1 unspecified atom stereocenters. The first kappa shape index (κ1) is 21.7. The van der Waals surface area contributed by atoms with Crippen LogP contribution in [0.25, 0.3) is 0 Å². The summed E-state index contributed by atoms with van der Waals surface area (Å²) in [7, 11) is 0. The van der Waals surface area contributed by atoms with Crippen LogP contribution in [0.15, 0.2) is 24.3 Å². The van der Waals surface area contributed by atoms with Gasteiger partial charge in [0.1, 0.15) is 5.82 Å². The first-order valence-corrected chi connectivity index (χ1v) is 10.3. The standard InChI is InChI=1S/C21H28FN5O.ClH/c1-14-19(25-26-27(14)18-9-11-23-12-10-18)21(28)24-20(15-5-2-3-6-15)16-7-4-8-17(22)13-16;/h4,7-8,13,15,18,20,23H,2-3,5-6,9-12H2,1H3,(H,24,28);1H. The monoisotopic (exact) mass is 421 g/mol. The van der Waals surface area contributed by atoms with E-state index < -0.39 is 0 Å². The maximum Gasteiger partial charge on any atom is 0.274 e. The summed E-state index contributed by atoms with van der Waals surface area (Å²) in [5, 5.41) is 14.9. The van der Waals surface area contributed by atoms with Gasteiger partial charge in [0.2, 0.25) is 0 Å². The summed E-state index contributed by atoms with van der Waals surface area (Å²) in [6.07, 6.45) is 6.36. The SMILES string of the molecule is Cc1c(C(=O)NC(c2cccc(F)c2)C2CCCC2)nnn1C1CCNCC1.Cl. The van der Waals surface area contributed by atoms with Crippen LogP contribution in [0.4, 0.5) is 4.39 Å². The zero-order valence-electron chi connectivity index (χ0n) is 16.7. The van der Waals surface area contributed by atoms with Crippen molar-refractivity contribution < 1.29 is 9.18 Å². The first-order valence-electron chi connectivity index (χ1n) is 10.3. The molecule has 8 heteroatoms. The molecule has 1 aliphatic carbocycles. The lowest BCUT2D eigenvalue weighted by Crippen LogP contribution is -2.33. The van der Waals surface area contributed by atoms with Crippen LogP contribution in [0, 0.1) is 18.7 Å². The highest BCUT2D eigenvalue weighted by Crippen LogP contribution is 2.36. The second-order valence-corrected chi connectivity index (χ2v) is 8.00. The molecular weight excluding hydrogens is 393 g/mol. The molecule has 0 bridgehead atoms. The maximum atomic E-state index is 13.8. The van der Waals surface area contributed by atoms with Gasteiger partial charge in [-0.05, 0) is 69.3 Å². The molecule has 1 saturated carbocycles. The normalized spacial score (nSPS) is 19.0. The summed E-state index contributed by atoms with van der Waals surface area (Å²) in [5.74, 6) is -0.174. The quantitative estimate of drug-likeness (QED) is 0.771. The van der Waals surface area contributed by atoms with Crippen molar-refractivity contribution in [1.29, 1.82) is 0 Å². The number of rotatable bonds is 5. The van der Waals surface area contributed by atoms with E-state index in [2.05, 4.69) is 20.9 Å². The van der Waals surface area contributed by atoms with E-state index >= 15 is 0 Å². The van der Waals surface area contributed by atoms with E-state index in [9.17, 15) is 9.18 Å². The molecule has 2 fully saturated rings. The van der Waals surface area contributed by atoms with Crippen LogP contribution in [-0.4, -0.2) is 34.0 Å². The number of benzene rings is 1. The number of aromatic nitrogens is 3. The van der Waals surface area contributed by atoms with Gasteiger partial charge in [0.15, 0.2) is 5.69 Å². The molecule has 2 heterocycles. The molecule has 2 aliphatic rings. The van der Waals surface area contributed by atoms with Gasteiger partial charge in [-0.25, -0.2) is 9.07 Å². The number of nitrogens with zero attached hydrogens (tertiary/aromatic N) is 3. The van der Waals surface area contributed by atoms with Crippen LogP contribution in [0.5, 0.6) is 0 Å². The molecule has 4 rings (SSSR count). The second kappa shape index (κ2) is 9.67. The number of nitrogens with one attached hydrogen (secondary N) is 2. The lowest BCUT2D eigenvalue weighted by atomic mass is 9.91. The third-order valence-electron chi connectivity index (χ3n) is 6.16. The van der Waals surface area contributed by atoms with Crippen molar-refractivity contribution in [2.45, 2.75) is 57.5 Å². The van der Waals surface area contributed by atoms with Gasteiger partial charge in [-0.3, -0.25) is 4.79 Å². The van der Waals surface area contributed by atoms with E-state index in [1.54, 1.807) is 6.07 Å². The van der Waals surface area contributed by atoms with Crippen LogP contribution < -0.4 is 10.6 Å². The van der Waals surface area contributed by atoms with Gasteiger partial charge >= 0.3 is 0 Å². The molecule has 6 nitrogen and oxygen atoms in total. The van der Waals surface area contributed by atoms with Crippen LogP contribution in [-0.2, 0) is 0 Å². The number of carbonyl (C=O) groups is 1. The molecule has 1 aromatic carbocycles. The Morgan fingerprint density at radius 1 is 1.24 bits per heavy atom. The number of hydrogen-bond acceptors (Lipinski definition) is 4. The number of piperidine rings is 1. The van der Waals surface area contributed by atoms with E-state index in [1.165, 1.54) is 12.1 Å². The van der Waals surface area contributed by atoms with Crippen LogP contribution in [0.1, 0.15) is 72.4 Å². The molecule has 158 valence electrons. The van der Waals surface area contributed by atoms with E-state index in [1.807, 2.05) is 17.7 Å². The molecule has 1 aromatic heterocycles. The maximum absolute atomic E-state index is 13.8. The number of carbonyl (C=O) groups excluding carboxylic acids is 1. The Morgan fingerprint density at radius 2 is 1.97 bits per heavy atom. The van der Waals surface area contributed by atoms with Gasteiger partial charge < -0.3 is 10.6 Å². The molecule has 29 heavy (non-hydrogen) atoms. The van der Waals surface area contributed by atoms with E-state index in [0.717, 1.165) is 62.9 Å². The summed E-state index contributed by atoms with van der Waals surface area (Å²) >= 11 is 0. The largest absolute Gasteiger partial charge is 0.343 e. The lowest BCUT2D eigenvalue weighted by molar-refractivity contribution is 0.0915. The summed E-state index contributed by atoms with van der Waals surface area (Å²) in [4.78, 5) is 13.1. The predicted molar refractivity (Wildman–Crippen MR) is 112 cm³/mol. The lowest BCUT2D eigenvalue weighted by Gasteiger charge is -2.25. The van der Waals surface area contributed by atoms with E-state index in [0.29, 0.717) is 11.6 Å². The van der Waals surface area contributed by atoms with Crippen LogP contribution in [0.3, 0.4) is 0 Å². The van der Waals surface area contributed by atoms with Gasteiger partial charge in [-0.1, -0.05) is 30.2 Å². The average Bonchev–Trinajstić information content (AvgIpc) is 3.36. The Kier molecular flexibility index (Phi) is 7.24. The Hall–Kier alpha value is -1.99. The van der Waals surface area contributed by atoms with E-state index in [-0.39, 0.29) is 36.2 Å². The summed E-state index contributed by atoms with van der Waals surface area (Å²) in [6, 6.07) is 6.65. The number of hydrogen-bond donors (Lipinski definition) is 2. The minimum Gasteiger partial charge on any atom is -0.343 e. The van der Waals surface area contributed by atoms with Crippen molar-refractivity contribution in [3.05, 3.63) is 47.0 Å². The predicted octanol–water partition coefficient (Wildman–Crippen LogP) is 3.73. The van der Waals surface area contributed by atoms with Crippen molar-refractivity contribution in [1.82, 2.24) is 25.6 Å². The van der Waals surface area contributed by atoms with Crippen molar-refractivity contribution >= 4 is 18.3 Å². The van der Waals surface area contributed by atoms with E-state index in [4.69, 9.17) is 0 Å². The average molecular weight is 422 g/mol. The van der Waals surface area contributed by atoms with Gasteiger partial charge in [0, 0.05) is 0 Å². The summed E-state index contributed by atoms with van der Waals surface area (Å²) in [5.41, 5.74) is 2.00. The third kappa shape index (κ3) is 4.78. The molecule has 1 atom stereocenters. The Balaban J connectivity index is 0.00000240. The van der Waals surface area contributed by atoms with Gasteiger partial charge in [0.25, 0.3) is 5.91 Å². The fourth-order valence-electron chi connectivity index (χ4n) is 4.62. The third-order valence-corrected chi connectivity index (χ3v) is 6.16. The molecule has 0 radical (unpaired) electrons. The van der Waals surface area contributed by atoms with Gasteiger partial charge in [-0.15, -0.1) is 17.5 Å².